The van der Waals surface area contributed by atoms with Gasteiger partial charge in [-0.15, -0.1) is 0 Å². The predicted molar refractivity (Wildman–Crippen MR) is 97.4 cm³/mol. The average Bonchev–Trinajstić information content (AvgIpc) is 3.00. The number of aryl methyl sites for hydroxylation is 1. The van der Waals surface area contributed by atoms with Crippen LogP contribution in [0.2, 0.25) is 0 Å². The topological polar surface area (TPSA) is 84.9 Å². The molecule has 0 radical (unpaired) electrons. The average molecular weight is 368 g/mol. The van der Waals surface area contributed by atoms with Crippen LogP contribution in [0.4, 0.5) is 4.79 Å². The summed E-state index contributed by atoms with van der Waals surface area (Å²) in [5, 5.41) is 2.90. The lowest BCUT2D eigenvalue weighted by molar-refractivity contribution is -0.126. The van der Waals surface area contributed by atoms with Crippen molar-refractivity contribution < 1.29 is 23.9 Å². The zero-order chi connectivity index (χ0) is 19.4. The van der Waals surface area contributed by atoms with Crippen LogP contribution in [-0.2, 0) is 9.53 Å². The van der Waals surface area contributed by atoms with Gasteiger partial charge in [0.05, 0.1) is 19.7 Å². The van der Waals surface area contributed by atoms with Crippen LogP contribution in [0.1, 0.15) is 27.5 Å². The summed E-state index contributed by atoms with van der Waals surface area (Å²) in [6.45, 7) is 1.58. The SMILES string of the molecule is COc1ccc(C(=O)NC(CN2C(=O)COC2=O)c2ccccc2)cc1C. The highest BCUT2D eigenvalue weighted by Crippen LogP contribution is 2.21. The number of rotatable bonds is 6. The van der Waals surface area contributed by atoms with Crippen molar-refractivity contribution in [2.24, 2.45) is 0 Å². The first-order valence-electron chi connectivity index (χ1n) is 8.47. The Morgan fingerprint density at radius 3 is 2.56 bits per heavy atom. The van der Waals surface area contributed by atoms with Crippen LogP contribution in [0.25, 0.3) is 0 Å². The molecule has 140 valence electrons. The van der Waals surface area contributed by atoms with E-state index in [4.69, 9.17) is 9.47 Å². The largest absolute Gasteiger partial charge is 0.496 e. The quantitative estimate of drug-likeness (QED) is 0.847. The van der Waals surface area contributed by atoms with E-state index in [1.807, 2.05) is 37.3 Å². The van der Waals surface area contributed by atoms with Crippen molar-refractivity contribution in [2.75, 3.05) is 20.3 Å². The van der Waals surface area contributed by atoms with Crippen molar-refractivity contribution in [2.45, 2.75) is 13.0 Å². The number of imide groups is 1. The van der Waals surface area contributed by atoms with Crippen LogP contribution >= 0.6 is 0 Å². The molecule has 0 aliphatic carbocycles. The molecule has 2 aromatic rings. The Morgan fingerprint density at radius 1 is 1.22 bits per heavy atom. The summed E-state index contributed by atoms with van der Waals surface area (Å²) in [4.78, 5) is 37.4. The zero-order valence-corrected chi connectivity index (χ0v) is 15.1. The first-order chi connectivity index (χ1) is 13.0. The van der Waals surface area contributed by atoms with E-state index in [-0.39, 0.29) is 19.1 Å². The fraction of sp³-hybridized carbons (Fsp3) is 0.250. The molecule has 3 rings (SSSR count). The van der Waals surface area contributed by atoms with Gasteiger partial charge in [-0.25, -0.2) is 9.69 Å². The van der Waals surface area contributed by atoms with Crippen molar-refractivity contribution in [3.05, 3.63) is 65.2 Å². The molecule has 3 amide bonds. The van der Waals surface area contributed by atoms with Crippen molar-refractivity contribution in [1.29, 1.82) is 0 Å². The van der Waals surface area contributed by atoms with E-state index in [9.17, 15) is 14.4 Å². The minimum absolute atomic E-state index is 0.00254. The molecule has 0 saturated carbocycles. The molecule has 0 aromatic heterocycles. The number of benzene rings is 2. The van der Waals surface area contributed by atoms with E-state index in [1.165, 1.54) is 0 Å². The van der Waals surface area contributed by atoms with Gasteiger partial charge in [-0.05, 0) is 36.2 Å². The lowest BCUT2D eigenvalue weighted by Crippen LogP contribution is -2.40. The van der Waals surface area contributed by atoms with Gasteiger partial charge in [0.2, 0.25) is 0 Å². The number of amides is 3. The molecule has 0 bridgehead atoms. The summed E-state index contributed by atoms with van der Waals surface area (Å²) in [6, 6.07) is 13.7. The number of nitrogens with one attached hydrogen (secondary N) is 1. The summed E-state index contributed by atoms with van der Waals surface area (Å²) in [5.74, 6) is -0.0401. The molecule has 27 heavy (non-hydrogen) atoms. The van der Waals surface area contributed by atoms with E-state index < -0.39 is 18.0 Å². The standard InChI is InChI=1S/C20H20N2O5/c1-13-10-15(8-9-17(13)26-2)19(24)21-16(14-6-4-3-5-7-14)11-22-18(23)12-27-20(22)25/h3-10,16H,11-12H2,1-2H3,(H,21,24). The van der Waals surface area contributed by atoms with Crippen LogP contribution in [0, 0.1) is 6.92 Å². The number of methoxy groups -OCH3 is 1. The minimum atomic E-state index is -0.699. The van der Waals surface area contributed by atoms with Crippen LogP contribution in [-0.4, -0.2) is 43.1 Å². The zero-order valence-electron chi connectivity index (χ0n) is 15.1. The normalized spacial score (nSPS) is 14.7. The molecule has 7 nitrogen and oxygen atoms in total. The lowest BCUT2D eigenvalue weighted by atomic mass is 10.0. The van der Waals surface area contributed by atoms with Crippen LogP contribution in [0.5, 0.6) is 5.75 Å². The maximum atomic E-state index is 12.7. The molecule has 1 atom stereocenters. The van der Waals surface area contributed by atoms with Gasteiger partial charge >= 0.3 is 6.09 Å². The van der Waals surface area contributed by atoms with Crippen LogP contribution in [0.3, 0.4) is 0 Å². The Kier molecular flexibility index (Phi) is 5.40. The van der Waals surface area contributed by atoms with Crippen LogP contribution in [0.15, 0.2) is 48.5 Å². The molecule has 1 heterocycles. The maximum Gasteiger partial charge on any atom is 0.417 e. The van der Waals surface area contributed by atoms with Gasteiger partial charge in [0.25, 0.3) is 11.8 Å². The number of cyclic esters (lactones) is 1. The molecule has 1 unspecified atom stereocenters. The molecule has 1 saturated heterocycles. The van der Waals surface area contributed by atoms with Crippen LogP contribution < -0.4 is 10.1 Å². The van der Waals surface area contributed by atoms with Gasteiger partial charge in [-0.3, -0.25) is 9.59 Å². The molecule has 1 aliphatic rings. The highest BCUT2D eigenvalue weighted by molar-refractivity contribution is 5.98. The second-order valence-corrected chi connectivity index (χ2v) is 6.18. The summed E-state index contributed by atoms with van der Waals surface area (Å²) in [6.07, 6.45) is -0.699. The van der Waals surface area contributed by atoms with E-state index in [0.29, 0.717) is 11.3 Å². The lowest BCUT2D eigenvalue weighted by Gasteiger charge is -2.23. The maximum absolute atomic E-state index is 12.7. The van der Waals surface area contributed by atoms with Gasteiger partial charge in [-0.1, -0.05) is 30.3 Å². The minimum Gasteiger partial charge on any atom is -0.496 e. The molecule has 1 N–H and O–H groups in total. The van der Waals surface area contributed by atoms with Gasteiger partial charge in [0.1, 0.15) is 5.75 Å². The second kappa shape index (κ2) is 7.90. The third kappa shape index (κ3) is 4.08. The van der Waals surface area contributed by atoms with E-state index in [1.54, 1.807) is 25.3 Å². The number of hydrogen-bond acceptors (Lipinski definition) is 5. The molecule has 1 fully saturated rings. The van der Waals surface area contributed by atoms with Gasteiger partial charge in [0.15, 0.2) is 6.61 Å². The summed E-state index contributed by atoms with van der Waals surface area (Å²) < 4.78 is 9.97. The third-order valence-electron chi connectivity index (χ3n) is 4.37. The Morgan fingerprint density at radius 2 is 1.96 bits per heavy atom. The van der Waals surface area contributed by atoms with Gasteiger partial charge in [-0.2, -0.15) is 0 Å². The first kappa shape index (κ1) is 18.4. The second-order valence-electron chi connectivity index (χ2n) is 6.18. The Labute approximate surface area is 156 Å². The molecule has 7 heteroatoms. The number of hydrogen-bond donors (Lipinski definition) is 1. The predicted octanol–water partition coefficient (Wildman–Crippen LogP) is 2.45. The number of ether oxygens (including phenoxy) is 2. The molecule has 0 spiro atoms. The smallest absolute Gasteiger partial charge is 0.417 e. The van der Waals surface area contributed by atoms with Crippen molar-refractivity contribution >= 4 is 17.9 Å². The van der Waals surface area contributed by atoms with Crippen molar-refractivity contribution in [3.8, 4) is 5.75 Å². The number of nitrogens with zero attached hydrogens (tertiary/aromatic N) is 1. The van der Waals surface area contributed by atoms with Crippen molar-refractivity contribution in [1.82, 2.24) is 10.2 Å². The molecular formula is C20H20N2O5. The fourth-order valence-electron chi connectivity index (χ4n) is 2.92. The highest BCUT2D eigenvalue weighted by atomic mass is 16.6. The number of carbonyl (C=O) groups excluding carboxylic acids is 3. The first-order valence-corrected chi connectivity index (χ1v) is 8.47. The van der Waals surface area contributed by atoms with Gasteiger partial charge < -0.3 is 14.8 Å². The molecule has 1 aliphatic heterocycles. The Bertz CT molecular complexity index is 850. The summed E-state index contributed by atoms with van der Waals surface area (Å²) in [7, 11) is 1.57. The van der Waals surface area contributed by atoms with E-state index >= 15 is 0 Å². The molecular weight excluding hydrogens is 348 g/mol. The van der Waals surface area contributed by atoms with Crippen molar-refractivity contribution in [3.63, 3.8) is 0 Å². The molecule has 2 aromatic carbocycles. The van der Waals surface area contributed by atoms with E-state index in [2.05, 4.69) is 5.32 Å². The summed E-state index contributed by atoms with van der Waals surface area (Å²) in [5.41, 5.74) is 2.08. The third-order valence-corrected chi connectivity index (χ3v) is 4.37. The highest BCUT2D eigenvalue weighted by Gasteiger charge is 2.33. The van der Waals surface area contributed by atoms with Gasteiger partial charge in [0, 0.05) is 5.56 Å². The summed E-state index contributed by atoms with van der Waals surface area (Å²) >= 11 is 0. The Hall–Kier alpha value is -3.35. The van der Waals surface area contributed by atoms with E-state index in [0.717, 1.165) is 16.0 Å². The number of carbonyl (C=O) groups is 3. The Balaban J connectivity index is 1.83. The monoisotopic (exact) mass is 368 g/mol. The fourth-order valence-corrected chi connectivity index (χ4v) is 2.92.